The molecule has 2 rings (SSSR count). The third-order valence-corrected chi connectivity index (χ3v) is 6.06. The van der Waals surface area contributed by atoms with E-state index >= 15 is 0 Å². The van der Waals surface area contributed by atoms with Gasteiger partial charge in [0.2, 0.25) is 0 Å². The van der Waals surface area contributed by atoms with E-state index in [1.54, 1.807) is 0 Å². The Morgan fingerprint density at radius 2 is 1.33 bits per heavy atom. The Hall–Kier alpha value is 0.960. The van der Waals surface area contributed by atoms with Crippen LogP contribution in [0.4, 0.5) is 0 Å². The van der Waals surface area contributed by atoms with Crippen LogP contribution < -0.4 is 0 Å². The fourth-order valence-electron chi connectivity index (χ4n) is 2.15. The molecule has 0 N–H and O–H groups in total. The van der Waals surface area contributed by atoms with Gasteiger partial charge in [-0.25, -0.2) is 0 Å². The zero-order valence-corrected chi connectivity index (χ0v) is 8.36. The Bertz CT molecular complexity index is 106. The van der Waals surface area contributed by atoms with Crippen molar-refractivity contribution in [3.05, 3.63) is 0 Å². The lowest BCUT2D eigenvalue weighted by Crippen LogP contribution is -2.21. The van der Waals surface area contributed by atoms with E-state index in [1.807, 2.05) is 0 Å². The Morgan fingerprint density at radius 3 is 1.56 bits per heavy atom. The van der Waals surface area contributed by atoms with E-state index in [0.29, 0.717) is 0 Å². The standard InChI is InChI=1S/C7H10Br2/c8-6-4-1-2-5(3-4)7(6)9/h4-7H,1-3H2/t4-,5-,6-,7+/m1/s1. The summed E-state index contributed by atoms with van der Waals surface area (Å²) in [7, 11) is 0. The summed E-state index contributed by atoms with van der Waals surface area (Å²) in [4.78, 5) is 1.55. The number of hydrogen-bond donors (Lipinski definition) is 0. The normalized spacial score (nSPS) is 56.7. The molecule has 0 radical (unpaired) electrons. The van der Waals surface area contributed by atoms with Crippen molar-refractivity contribution in [3.8, 4) is 0 Å². The Labute approximate surface area is 72.7 Å². The third-order valence-electron chi connectivity index (χ3n) is 2.72. The molecule has 0 unspecified atom stereocenters. The lowest BCUT2D eigenvalue weighted by Gasteiger charge is -2.20. The highest BCUT2D eigenvalue weighted by Gasteiger charge is 2.44. The van der Waals surface area contributed by atoms with E-state index in [4.69, 9.17) is 0 Å². The van der Waals surface area contributed by atoms with Crippen molar-refractivity contribution in [2.24, 2.45) is 11.8 Å². The van der Waals surface area contributed by atoms with Crippen LogP contribution in [0.1, 0.15) is 19.3 Å². The average Bonchev–Trinajstić information content (AvgIpc) is 2.37. The SMILES string of the molecule is Br[C@@H]1[C@@H]2CC[C@H](C2)[C@@H]1Br. The monoisotopic (exact) mass is 252 g/mol. The van der Waals surface area contributed by atoms with Gasteiger partial charge in [0.15, 0.2) is 0 Å². The molecule has 0 saturated heterocycles. The van der Waals surface area contributed by atoms with Crippen molar-refractivity contribution >= 4 is 31.9 Å². The molecular formula is C7H10Br2. The Kier molecular flexibility index (Phi) is 1.65. The summed E-state index contributed by atoms with van der Waals surface area (Å²) in [5.74, 6) is 1.97. The smallest absolute Gasteiger partial charge is 0.0302 e. The molecule has 0 spiro atoms. The third kappa shape index (κ3) is 0.900. The molecule has 2 fully saturated rings. The quantitative estimate of drug-likeness (QED) is 0.583. The Morgan fingerprint density at radius 1 is 0.889 bits per heavy atom. The molecule has 2 heteroatoms. The largest absolute Gasteiger partial charge is 0.0875 e. The maximum absolute atomic E-state index is 3.71. The zero-order chi connectivity index (χ0) is 6.43. The van der Waals surface area contributed by atoms with Gasteiger partial charge in [-0.2, -0.15) is 0 Å². The van der Waals surface area contributed by atoms with E-state index in [2.05, 4.69) is 31.9 Å². The molecule has 0 nitrogen and oxygen atoms in total. The number of fused-ring (bicyclic) bond motifs is 2. The number of alkyl halides is 2. The molecular weight excluding hydrogens is 244 g/mol. The molecule has 9 heavy (non-hydrogen) atoms. The first kappa shape index (κ1) is 6.66. The van der Waals surface area contributed by atoms with Crippen LogP contribution >= 0.6 is 31.9 Å². The van der Waals surface area contributed by atoms with Crippen LogP contribution in [0.25, 0.3) is 0 Å². The highest BCUT2D eigenvalue weighted by atomic mass is 79.9. The van der Waals surface area contributed by atoms with Crippen LogP contribution in [0.3, 0.4) is 0 Å². The highest BCUT2D eigenvalue weighted by Crippen LogP contribution is 2.50. The van der Waals surface area contributed by atoms with Gasteiger partial charge in [-0.3, -0.25) is 0 Å². The predicted molar refractivity (Wildman–Crippen MR) is 46.3 cm³/mol. The minimum atomic E-state index is 0.774. The molecule has 0 aromatic rings. The summed E-state index contributed by atoms with van der Waals surface area (Å²) in [5.41, 5.74) is 0. The van der Waals surface area contributed by atoms with Gasteiger partial charge in [0.25, 0.3) is 0 Å². The molecule has 0 amide bonds. The first-order chi connectivity index (χ1) is 4.29. The molecule has 2 aliphatic carbocycles. The predicted octanol–water partition coefficient (Wildman–Crippen LogP) is 2.94. The van der Waals surface area contributed by atoms with Gasteiger partial charge < -0.3 is 0 Å². The van der Waals surface area contributed by atoms with E-state index in [9.17, 15) is 0 Å². The first-order valence-electron chi connectivity index (χ1n) is 3.57. The molecule has 4 atom stereocenters. The number of hydrogen-bond acceptors (Lipinski definition) is 0. The fourth-order valence-corrected chi connectivity index (χ4v) is 3.97. The van der Waals surface area contributed by atoms with Crippen LogP contribution in [-0.2, 0) is 0 Å². The second-order valence-electron chi connectivity index (χ2n) is 3.22. The summed E-state index contributed by atoms with van der Waals surface area (Å²) in [5, 5.41) is 0. The number of rotatable bonds is 0. The van der Waals surface area contributed by atoms with E-state index in [0.717, 1.165) is 21.5 Å². The van der Waals surface area contributed by atoms with Crippen molar-refractivity contribution in [3.63, 3.8) is 0 Å². The summed E-state index contributed by atoms with van der Waals surface area (Å²) >= 11 is 7.43. The van der Waals surface area contributed by atoms with Gasteiger partial charge in [-0.15, -0.1) is 0 Å². The summed E-state index contributed by atoms with van der Waals surface area (Å²) in [6, 6.07) is 0. The second-order valence-corrected chi connectivity index (χ2v) is 5.34. The first-order valence-corrected chi connectivity index (χ1v) is 5.40. The molecule has 2 bridgehead atoms. The maximum Gasteiger partial charge on any atom is 0.0302 e. The van der Waals surface area contributed by atoms with E-state index in [-0.39, 0.29) is 0 Å². The fraction of sp³-hybridized carbons (Fsp3) is 1.00. The molecule has 52 valence electrons. The number of halogens is 2. The molecule has 0 aliphatic heterocycles. The van der Waals surface area contributed by atoms with Crippen molar-refractivity contribution in [2.75, 3.05) is 0 Å². The van der Waals surface area contributed by atoms with E-state index < -0.39 is 0 Å². The minimum absolute atomic E-state index is 0.774. The summed E-state index contributed by atoms with van der Waals surface area (Å²) in [6.45, 7) is 0. The lowest BCUT2D eigenvalue weighted by molar-refractivity contribution is 0.514. The molecule has 2 aliphatic rings. The topological polar surface area (TPSA) is 0 Å². The van der Waals surface area contributed by atoms with Crippen molar-refractivity contribution in [1.82, 2.24) is 0 Å². The van der Waals surface area contributed by atoms with Gasteiger partial charge in [0.05, 0.1) is 0 Å². The van der Waals surface area contributed by atoms with Crippen LogP contribution in [-0.4, -0.2) is 9.65 Å². The van der Waals surface area contributed by atoms with Gasteiger partial charge in [0, 0.05) is 9.65 Å². The van der Waals surface area contributed by atoms with E-state index in [1.165, 1.54) is 19.3 Å². The molecule has 0 aromatic heterocycles. The van der Waals surface area contributed by atoms with Gasteiger partial charge in [-0.05, 0) is 31.1 Å². The average molecular weight is 254 g/mol. The molecule has 2 saturated carbocycles. The molecule has 0 aromatic carbocycles. The van der Waals surface area contributed by atoms with Gasteiger partial charge >= 0.3 is 0 Å². The van der Waals surface area contributed by atoms with Crippen LogP contribution in [0.5, 0.6) is 0 Å². The second kappa shape index (κ2) is 2.23. The molecule has 0 heterocycles. The maximum atomic E-state index is 3.71. The summed E-state index contributed by atoms with van der Waals surface area (Å²) in [6.07, 6.45) is 4.39. The van der Waals surface area contributed by atoms with Crippen molar-refractivity contribution in [2.45, 2.75) is 28.9 Å². The summed E-state index contributed by atoms with van der Waals surface area (Å²) < 4.78 is 0. The van der Waals surface area contributed by atoms with Crippen LogP contribution in [0, 0.1) is 11.8 Å². The van der Waals surface area contributed by atoms with Crippen molar-refractivity contribution < 1.29 is 0 Å². The van der Waals surface area contributed by atoms with Crippen LogP contribution in [0.2, 0.25) is 0 Å². The lowest BCUT2D eigenvalue weighted by atomic mass is 10.0. The highest BCUT2D eigenvalue weighted by molar-refractivity contribution is 9.12. The van der Waals surface area contributed by atoms with Gasteiger partial charge in [-0.1, -0.05) is 31.9 Å². The Balaban J connectivity index is 2.15. The van der Waals surface area contributed by atoms with Gasteiger partial charge in [0.1, 0.15) is 0 Å². The minimum Gasteiger partial charge on any atom is -0.0875 e. The van der Waals surface area contributed by atoms with Crippen molar-refractivity contribution in [1.29, 1.82) is 0 Å². The van der Waals surface area contributed by atoms with Crippen LogP contribution in [0.15, 0.2) is 0 Å². The zero-order valence-electron chi connectivity index (χ0n) is 5.19.